The van der Waals surface area contributed by atoms with Crippen LogP contribution >= 0.6 is 0 Å². The molecule has 1 aromatic carbocycles. The van der Waals surface area contributed by atoms with Crippen LogP contribution in [0.2, 0.25) is 0 Å². The predicted molar refractivity (Wildman–Crippen MR) is 108 cm³/mol. The lowest BCUT2D eigenvalue weighted by molar-refractivity contribution is -0.123. The van der Waals surface area contributed by atoms with Crippen molar-refractivity contribution in [2.75, 3.05) is 24.6 Å². The minimum Gasteiger partial charge on any atom is -0.351 e. The summed E-state index contributed by atoms with van der Waals surface area (Å²) in [6, 6.07) is 6.82. The molecule has 0 bridgehead atoms. The van der Waals surface area contributed by atoms with Crippen LogP contribution in [-0.2, 0) is 21.2 Å². The molecule has 1 aliphatic rings. The zero-order chi connectivity index (χ0) is 20.1. The predicted octanol–water partition coefficient (Wildman–Crippen LogP) is 0.829. The first-order valence-corrected chi connectivity index (χ1v) is 11.4. The summed E-state index contributed by atoms with van der Waals surface area (Å²) in [7, 11) is -3.04. The molecule has 1 atom stereocenters. The van der Waals surface area contributed by atoms with E-state index in [0.29, 0.717) is 36.2 Å². The van der Waals surface area contributed by atoms with Gasteiger partial charge >= 0.3 is 0 Å². The Kier molecular flexibility index (Phi) is 6.46. The van der Waals surface area contributed by atoms with Crippen molar-refractivity contribution in [3.8, 4) is 0 Å². The van der Waals surface area contributed by atoms with Crippen molar-refractivity contribution in [3.63, 3.8) is 0 Å². The summed E-state index contributed by atoms with van der Waals surface area (Å²) in [6.45, 7) is 3.23. The highest BCUT2D eigenvalue weighted by atomic mass is 32.2. The summed E-state index contributed by atoms with van der Waals surface area (Å²) >= 11 is 0. The molecule has 152 valence electrons. The van der Waals surface area contributed by atoms with Gasteiger partial charge in [0.15, 0.2) is 9.84 Å². The van der Waals surface area contributed by atoms with Gasteiger partial charge in [0.25, 0.3) is 5.56 Å². The summed E-state index contributed by atoms with van der Waals surface area (Å²) in [5.74, 6) is 0.435. The summed E-state index contributed by atoms with van der Waals surface area (Å²) in [5, 5.41) is 3.35. The molecular formula is C19H26N4O4S. The van der Waals surface area contributed by atoms with Gasteiger partial charge in [-0.1, -0.05) is 25.5 Å². The van der Waals surface area contributed by atoms with Crippen LogP contribution in [0.15, 0.2) is 29.1 Å². The number of fused-ring (bicyclic) bond motifs is 1. The monoisotopic (exact) mass is 406 g/mol. The molecule has 3 rings (SSSR count). The lowest BCUT2D eigenvalue weighted by Crippen LogP contribution is -2.43. The highest BCUT2D eigenvalue weighted by Crippen LogP contribution is 2.12. The van der Waals surface area contributed by atoms with E-state index in [1.54, 1.807) is 18.2 Å². The van der Waals surface area contributed by atoms with Crippen LogP contribution in [-0.4, -0.2) is 59.8 Å². The average molecular weight is 407 g/mol. The number of para-hydroxylation sites is 1. The number of aromatic nitrogens is 2. The number of nitrogens with one attached hydrogen (secondary N) is 2. The highest BCUT2D eigenvalue weighted by molar-refractivity contribution is 7.91. The number of benzene rings is 1. The standard InChI is InChI=1S/C19H26N4O4S/c1-2-3-9-23(12-18(24)20-14-8-10-28(26,27)13-14)11-17-21-16-7-5-4-6-15(16)19(25)22-17/h4-7,14H,2-3,8-13H2,1H3,(H,20,24)(H,21,22,25)/t14-/m0/s1. The number of aromatic amines is 1. The summed E-state index contributed by atoms with van der Waals surface area (Å²) in [4.78, 5) is 33.9. The van der Waals surface area contributed by atoms with Crippen molar-refractivity contribution < 1.29 is 13.2 Å². The zero-order valence-electron chi connectivity index (χ0n) is 16.0. The highest BCUT2D eigenvalue weighted by Gasteiger charge is 2.29. The molecule has 0 spiro atoms. The molecule has 28 heavy (non-hydrogen) atoms. The largest absolute Gasteiger partial charge is 0.351 e. The third kappa shape index (κ3) is 5.39. The van der Waals surface area contributed by atoms with Gasteiger partial charge in [-0.3, -0.25) is 14.5 Å². The lowest BCUT2D eigenvalue weighted by atomic mass is 10.2. The maximum atomic E-state index is 12.4. The van der Waals surface area contributed by atoms with Crippen LogP contribution in [0.3, 0.4) is 0 Å². The van der Waals surface area contributed by atoms with Crippen LogP contribution in [0.25, 0.3) is 10.9 Å². The maximum absolute atomic E-state index is 12.4. The molecule has 1 amide bonds. The van der Waals surface area contributed by atoms with Gasteiger partial charge in [0, 0.05) is 6.04 Å². The zero-order valence-corrected chi connectivity index (χ0v) is 16.8. The van der Waals surface area contributed by atoms with E-state index < -0.39 is 9.84 Å². The van der Waals surface area contributed by atoms with E-state index in [2.05, 4.69) is 22.2 Å². The molecule has 1 aromatic heterocycles. The number of amides is 1. The van der Waals surface area contributed by atoms with E-state index in [1.165, 1.54) is 0 Å². The number of sulfone groups is 1. The van der Waals surface area contributed by atoms with E-state index in [9.17, 15) is 18.0 Å². The van der Waals surface area contributed by atoms with E-state index in [4.69, 9.17) is 0 Å². The SMILES string of the molecule is CCCCN(CC(=O)N[C@H]1CCS(=O)(=O)C1)Cc1nc2ccccc2c(=O)[nH]1. The van der Waals surface area contributed by atoms with Gasteiger partial charge in [0.05, 0.1) is 35.5 Å². The van der Waals surface area contributed by atoms with E-state index in [-0.39, 0.29) is 35.6 Å². The third-order valence-corrected chi connectivity index (χ3v) is 6.60. The third-order valence-electron chi connectivity index (χ3n) is 4.83. The molecule has 2 aromatic rings. The molecule has 8 nitrogen and oxygen atoms in total. The fourth-order valence-electron chi connectivity index (χ4n) is 3.40. The Morgan fingerprint density at radius 2 is 2.14 bits per heavy atom. The Morgan fingerprint density at radius 3 is 2.86 bits per heavy atom. The summed E-state index contributed by atoms with van der Waals surface area (Å²) in [5.41, 5.74) is 0.425. The molecule has 2 heterocycles. The quantitative estimate of drug-likeness (QED) is 0.671. The molecule has 1 fully saturated rings. The van der Waals surface area contributed by atoms with Crippen LogP contribution < -0.4 is 10.9 Å². The molecule has 1 saturated heterocycles. The number of hydrogen-bond acceptors (Lipinski definition) is 6. The molecular weight excluding hydrogens is 380 g/mol. The Bertz CT molecular complexity index is 1000. The van der Waals surface area contributed by atoms with Crippen molar-refractivity contribution in [1.82, 2.24) is 20.2 Å². The van der Waals surface area contributed by atoms with Crippen LogP contribution in [0.4, 0.5) is 0 Å². The molecule has 9 heteroatoms. The van der Waals surface area contributed by atoms with Gasteiger partial charge in [0.1, 0.15) is 5.82 Å². The van der Waals surface area contributed by atoms with E-state index in [0.717, 1.165) is 12.8 Å². The number of carbonyl (C=O) groups excluding carboxylic acids is 1. The van der Waals surface area contributed by atoms with Crippen molar-refractivity contribution >= 4 is 26.6 Å². The molecule has 2 N–H and O–H groups in total. The fourth-order valence-corrected chi connectivity index (χ4v) is 5.08. The van der Waals surface area contributed by atoms with Gasteiger partial charge in [-0.25, -0.2) is 13.4 Å². The van der Waals surface area contributed by atoms with Crippen molar-refractivity contribution in [3.05, 3.63) is 40.4 Å². The normalized spacial score (nSPS) is 18.6. The fraction of sp³-hybridized carbons (Fsp3) is 0.526. The Labute approximate surface area is 164 Å². The van der Waals surface area contributed by atoms with Crippen LogP contribution in [0, 0.1) is 0 Å². The molecule has 1 aliphatic heterocycles. The topological polar surface area (TPSA) is 112 Å². The number of hydrogen-bond donors (Lipinski definition) is 2. The van der Waals surface area contributed by atoms with Gasteiger partial charge in [-0.15, -0.1) is 0 Å². The van der Waals surface area contributed by atoms with Crippen LogP contribution in [0.5, 0.6) is 0 Å². The first-order chi connectivity index (χ1) is 13.4. The summed E-state index contributed by atoms with van der Waals surface area (Å²) < 4.78 is 23.1. The van der Waals surface area contributed by atoms with Gasteiger partial charge in [-0.2, -0.15) is 0 Å². The molecule has 0 aliphatic carbocycles. The van der Waals surface area contributed by atoms with Crippen molar-refractivity contribution in [2.45, 2.75) is 38.8 Å². The number of H-pyrrole nitrogens is 1. The number of nitrogens with zero attached hydrogens (tertiary/aromatic N) is 2. The Hall–Kier alpha value is -2.26. The number of rotatable bonds is 8. The maximum Gasteiger partial charge on any atom is 0.258 e. The van der Waals surface area contributed by atoms with E-state index in [1.807, 2.05) is 11.0 Å². The Balaban J connectivity index is 1.68. The second-order valence-corrected chi connectivity index (χ2v) is 9.49. The average Bonchev–Trinajstić information content (AvgIpc) is 2.98. The Morgan fingerprint density at radius 1 is 1.36 bits per heavy atom. The van der Waals surface area contributed by atoms with Crippen molar-refractivity contribution in [1.29, 1.82) is 0 Å². The minimum absolute atomic E-state index is 0.00719. The van der Waals surface area contributed by atoms with Crippen LogP contribution in [0.1, 0.15) is 32.0 Å². The molecule has 0 unspecified atom stereocenters. The van der Waals surface area contributed by atoms with E-state index >= 15 is 0 Å². The number of carbonyl (C=O) groups is 1. The molecule has 0 saturated carbocycles. The van der Waals surface area contributed by atoms with Gasteiger partial charge in [-0.05, 0) is 31.5 Å². The second-order valence-electron chi connectivity index (χ2n) is 7.26. The first-order valence-electron chi connectivity index (χ1n) is 9.56. The lowest BCUT2D eigenvalue weighted by Gasteiger charge is -2.22. The van der Waals surface area contributed by atoms with Crippen molar-refractivity contribution in [2.24, 2.45) is 0 Å². The molecule has 0 radical (unpaired) electrons. The first kappa shape index (κ1) is 20.5. The number of unbranched alkanes of at least 4 members (excludes halogenated alkanes) is 1. The van der Waals surface area contributed by atoms with Gasteiger partial charge < -0.3 is 10.3 Å². The smallest absolute Gasteiger partial charge is 0.258 e. The summed E-state index contributed by atoms with van der Waals surface area (Å²) in [6.07, 6.45) is 2.34. The second kappa shape index (κ2) is 8.83. The van der Waals surface area contributed by atoms with Gasteiger partial charge in [0.2, 0.25) is 5.91 Å². The minimum atomic E-state index is -3.04.